The topological polar surface area (TPSA) is 158 Å². The van der Waals surface area contributed by atoms with Gasteiger partial charge in [-0.15, -0.1) is 39.8 Å². The molecule has 11 nitrogen and oxygen atoms in total. The number of benzene rings is 1. The van der Waals surface area contributed by atoms with Crippen LogP contribution in [-0.4, -0.2) is 70.9 Å². The van der Waals surface area contributed by atoms with E-state index in [1.165, 1.54) is 58.3 Å². The van der Waals surface area contributed by atoms with Crippen molar-refractivity contribution in [2.75, 3.05) is 22.3 Å². The zero-order valence-electron chi connectivity index (χ0n) is 19.1. The summed E-state index contributed by atoms with van der Waals surface area (Å²) in [4.78, 5) is 48.5. The van der Waals surface area contributed by atoms with Crippen LogP contribution < -0.4 is 15.6 Å². The van der Waals surface area contributed by atoms with E-state index in [0.717, 1.165) is 0 Å². The Bertz CT molecular complexity index is 1490. The highest BCUT2D eigenvalue weighted by Crippen LogP contribution is 2.44. The van der Waals surface area contributed by atoms with Gasteiger partial charge in [-0.3, -0.25) is 14.5 Å². The number of halogens is 2. The van der Waals surface area contributed by atoms with Crippen molar-refractivity contribution in [1.29, 1.82) is 0 Å². The molecular weight excluding hydrogens is 613 g/mol. The number of nitrogens with zero attached hydrogens (tertiary/aromatic N) is 4. The highest BCUT2D eigenvalue weighted by atomic mass is 35.5. The number of H-pyrrole nitrogens is 1. The number of carbonyl (C=O) groups excluding carboxylic acids is 2. The third kappa shape index (κ3) is 5.53. The minimum atomic E-state index is -1.19. The molecule has 17 heteroatoms. The van der Waals surface area contributed by atoms with E-state index in [2.05, 4.69) is 20.4 Å². The number of carboxylic acid groups (broad SMARTS) is 1. The highest BCUT2D eigenvalue weighted by Gasteiger charge is 2.54. The van der Waals surface area contributed by atoms with E-state index in [1.54, 1.807) is 28.8 Å². The van der Waals surface area contributed by atoms with Crippen molar-refractivity contribution < 1.29 is 24.0 Å². The van der Waals surface area contributed by atoms with Crippen LogP contribution in [0.25, 0.3) is 5.65 Å². The molecule has 1 aromatic carbocycles. The monoisotopic (exact) mass is 630 g/mol. The third-order valence-electron chi connectivity index (χ3n) is 5.43. The van der Waals surface area contributed by atoms with Crippen LogP contribution in [0.3, 0.4) is 0 Å². The summed E-state index contributed by atoms with van der Waals surface area (Å²) < 4.78 is 1.67. The molecule has 5 N–H and O–H groups in total. The fourth-order valence-corrected chi connectivity index (χ4v) is 8.78. The van der Waals surface area contributed by atoms with Gasteiger partial charge in [0.25, 0.3) is 11.6 Å². The normalized spacial score (nSPS) is 18.9. The van der Waals surface area contributed by atoms with Crippen LogP contribution >= 0.6 is 70.2 Å². The van der Waals surface area contributed by atoms with Crippen LogP contribution in [0.4, 0.5) is 5.82 Å². The maximum absolute atomic E-state index is 12.9. The predicted octanol–water partition coefficient (Wildman–Crippen LogP) is 2.70. The fourth-order valence-electron chi connectivity index (χ4n) is 3.75. The number of hydrogen-bond donors (Lipinski definition) is 4. The first-order valence-electron chi connectivity index (χ1n) is 10.8. The molecule has 1 saturated heterocycles. The van der Waals surface area contributed by atoms with E-state index in [-0.39, 0.29) is 17.4 Å². The van der Waals surface area contributed by atoms with Crippen molar-refractivity contribution in [3.8, 4) is 0 Å². The minimum Gasteiger partial charge on any atom is -0.477 e. The zero-order chi connectivity index (χ0) is 27.0. The molecule has 198 valence electrons. The summed E-state index contributed by atoms with van der Waals surface area (Å²) in [5.74, 6) is -1.28. The number of fused-ring (bicyclic) bond motifs is 2. The molecule has 2 aliphatic rings. The molecule has 2 unspecified atom stereocenters. The van der Waals surface area contributed by atoms with E-state index in [0.29, 0.717) is 47.3 Å². The second kappa shape index (κ2) is 11.4. The Morgan fingerprint density at radius 1 is 1.29 bits per heavy atom. The van der Waals surface area contributed by atoms with Gasteiger partial charge >= 0.3 is 11.1 Å². The Labute approximate surface area is 242 Å². The average molecular weight is 632 g/mol. The Balaban J connectivity index is 1.21. The maximum atomic E-state index is 12.9. The molecule has 0 bridgehead atoms. The van der Waals surface area contributed by atoms with Gasteiger partial charge < -0.3 is 16.2 Å². The second-order valence-corrected chi connectivity index (χ2v) is 13.2. The first-order chi connectivity index (χ1) is 18.2. The number of nitrogens with one attached hydrogen (secondary N) is 2. The molecule has 1 fully saturated rings. The van der Waals surface area contributed by atoms with Gasteiger partial charge in [0.1, 0.15) is 17.1 Å². The summed E-state index contributed by atoms with van der Waals surface area (Å²) in [6.07, 6.45) is 1.52. The molecule has 5 rings (SSSR count). The molecule has 2 amide bonds. The number of carbonyl (C=O) groups is 3. The van der Waals surface area contributed by atoms with E-state index in [4.69, 9.17) is 28.9 Å². The van der Waals surface area contributed by atoms with Crippen molar-refractivity contribution in [3.05, 3.63) is 51.2 Å². The van der Waals surface area contributed by atoms with Gasteiger partial charge in [-0.25, -0.2) is 9.89 Å². The van der Waals surface area contributed by atoms with Gasteiger partial charge in [-0.05, 0) is 30.0 Å². The Morgan fingerprint density at radius 2 is 2.11 bits per heavy atom. The maximum Gasteiger partial charge on any atom is 0.353 e. The number of carboxylic acids is 1. The van der Waals surface area contributed by atoms with Crippen LogP contribution in [0.5, 0.6) is 0 Å². The second-order valence-electron chi connectivity index (χ2n) is 7.85. The summed E-state index contributed by atoms with van der Waals surface area (Å²) in [7, 11) is 0. The summed E-state index contributed by atoms with van der Waals surface area (Å²) in [5, 5.41) is 17.0. The van der Waals surface area contributed by atoms with Crippen molar-refractivity contribution >= 4 is 99.5 Å². The number of amides is 2. The lowest BCUT2D eigenvalue weighted by Crippen LogP contribution is -2.70. The number of β-lactam (4-membered cyclic amide) rings is 1. The van der Waals surface area contributed by atoms with Crippen molar-refractivity contribution in [2.45, 2.75) is 21.5 Å². The lowest BCUT2D eigenvalue weighted by atomic mass is 10.1. The average Bonchev–Trinajstić information content (AvgIpc) is 3.35. The van der Waals surface area contributed by atoms with E-state index in [9.17, 15) is 19.5 Å². The Kier molecular flexibility index (Phi) is 8.21. The number of aromatic nitrogens is 4. The molecule has 4 heterocycles. The van der Waals surface area contributed by atoms with Crippen LogP contribution in [0.15, 0.2) is 51.2 Å². The minimum absolute atomic E-state index is 0.0286. The first kappa shape index (κ1) is 27.3. The van der Waals surface area contributed by atoms with Gasteiger partial charge in [-0.2, -0.15) is 0 Å². The van der Waals surface area contributed by atoms with Gasteiger partial charge in [0, 0.05) is 20.6 Å². The Morgan fingerprint density at radius 3 is 2.89 bits per heavy atom. The van der Waals surface area contributed by atoms with Gasteiger partial charge in [-0.1, -0.05) is 33.2 Å². The van der Waals surface area contributed by atoms with Crippen molar-refractivity contribution in [3.63, 3.8) is 0 Å². The molecule has 0 aliphatic carbocycles. The molecule has 38 heavy (non-hydrogen) atoms. The lowest BCUT2D eigenvalue weighted by Gasteiger charge is -2.49. The SMILES string of the molecule is Nc1cc2nc[nH][n+]2c(SCSC2=C(C(=O)O)N3C(=O)C(NC(=O)CSc4cc(Cl)ccc4Cl)C3SC2)n1. The molecule has 2 aliphatic heterocycles. The molecule has 0 radical (unpaired) electrons. The molecule has 2 atom stereocenters. The zero-order valence-corrected chi connectivity index (χ0v) is 23.9. The number of aliphatic carboxylic acids is 1. The Hall–Kier alpha value is -2.30. The number of nitrogen functional groups attached to an aromatic ring is 1. The lowest BCUT2D eigenvalue weighted by molar-refractivity contribution is -0.622. The molecule has 0 spiro atoms. The van der Waals surface area contributed by atoms with Crippen molar-refractivity contribution in [1.82, 2.24) is 25.3 Å². The van der Waals surface area contributed by atoms with Gasteiger partial charge in [0.15, 0.2) is 6.33 Å². The number of aromatic amines is 1. The number of thioether (sulfide) groups is 4. The molecular formula is C21H18Cl2N7O4S4+. The number of anilines is 1. The highest BCUT2D eigenvalue weighted by molar-refractivity contribution is 8.18. The van der Waals surface area contributed by atoms with Crippen LogP contribution in [0, 0.1) is 0 Å². The molecule has 2 aromatic heterocycles. The number of hydrogen-bond acceptors (Lipinski definition) is 10. The smallest absolute Gasteiger partial charge is 0.353 e. The fraction of sp³-hybridized carbons (Fsp3) is 0.238. The number of nitrogens with two attached hydrogens (primary N) is 1. The number of rotatable bonds is 9. The predicted molar refractivity (Wildman–Crippen MR) is 149 cm³/mol. The first-order valence-corrected chi connectivity index (χ1v) is 15.5. The summed E-state index contributed by atoms with van der Waals surface area (Å²) in [5.41, 5.74) is 6.40. The van der Waals surface area contributed by atoms with Gasteiger partial charge in [0.05, 0.1) is 21.9 Å². The van der Waals surface area contributed by atoms with E-state index >= 15 is 0 Å². The third-order valence-corrected chi connectivity index (χ3v) is 10.8. The van der Waals surface area contributed by atoms with E-state index in [1.807, 2.05) is 0 Å². The molecule has 3 aromatic rings. The van der Waals surface area contributed by atoms with Gasteiger partial charge in [0.2, 0.25) is 11.7 Å². The quantitative estimate of drug-likeness (QED) is 0.0905. The largest absolute Gasteiger partial charge is 0.477 e. The standard InChI is InChI=1S/C21H17Cl2N7O4S4/c22-9-1-2-10(23)11(3-9)35-6-15(31)28-16-18(32)29-17(20(33)34)12(5-36-19(16)29)37-8-38-21-27-13(24)4-14-25-7-26-30(14)21/h1-4,7,16,19H,5-6,8H2,(H4,24,25,26,28,31,33,34)/p+1. The summed E-state index contributed by atoms with van der Waals surface area (Å²) in [6.45, 7) is 0. The van der Waals surface area contributed by atoms with Crippen LogP contribution in [-0.2, 0) is 14.4 Å². The summed E-state index contributed by atoms with van der Waals surface area (Å²) >= 11 is 17.4. The van der Waals surface area contributed by atoms with E-state index < -0.39 is 23.3 Å². The molecule has 0 saturated carbocycles. The van der Waals surface area contributed by atoms with Crippen LogP contribution in [0.2, 0.25) is 10.0 Å². The van der Waals surface area contributed by atoms with Crippen molar-refractivity contribution in [2.24, 2.45) is 0 Å². The van der Waals surface area contributed by atoms with Crippen LogP contribution in [0.1, 0.15) is 0 Å². The summed E-state index contributed by atoms with van der Waals surface area (Å²) in [6, 6.07) is 5.79.